The van der Waals surface area contributed by atoms with Gasteiger partial charge in [0.1, 0.15) is 0 Å². The fourth-order valence-electron chi connectivity index (χ4n) is 1.54. The van der Waals surface area contributed by atoms with Crippen molar-refractivity contribution in [2.45, 2.75) is 13.8 Å². The molecule has 16 heavy (non-hydrogen) atoms. The number of aromatic nitrogens is 3. The minimum absolute atomic E-state index is 0.627. The number of nitrogens with one attached hydrogen (secondary N) is 1. The van der Waals surface area contributed by atoms with Crippen molar-refractivity contribution in [3.8, 4) is 11.3 Å². The molecule has 82 valence electrons. The van der Waals surface area contributed by atoms with Crippen LogP contribution in [0.4, 0.5) is 5.95 Å². The van der Waals surface area contributed by atoms with Crippen molar-refractivity contribution >= 4 is 5.95 Å². The summed E-state index contributed by atoms with van der Waals surface area (Å²) in [5, 5.41) is 2.94. The third-order valence-electron chi connectivity index (χ3n) is 2.34. The molecule has 0 aliphatic carbocycles. The lowest BCUT2D eigenvalue weighted by Gasteiger charge is -2.07. The van der Waals surface area contributed by atoms with Crippen LogP contribution in [0.15, 0.2) is 24.7 Å². The van der Waals surface area contributed by atoms with Crippen LogP contribution in [0.25, 0.3) is 11.3 Å². The first kappa shape index (κ1) is 10.5. The van der Waals surface area contributed by atoms with Crippen LogP contribution in [-0.2, 0) is 0 Å². The Balaban J connectivity index is 2.54. The Labute approximate surface area is 94.8 Å². The number of aryl methyl sites for hydroxylation is 2. The lowest BCUT2D eigenvalue weighted by atomic mass is 10.1. The summed E-state index contributed by atoms with van der Waals surface area (Å²) in [7, 11) is 1.81. The van der Waals surface area contributed by atoms with Crippen LogP contribution in [0.3, 0.4) is 0 Å². The minimum atomic E-state index is 0.627. The van der Waals surface area contributed by atoms with Gasteiger partial charge >= 0.3 is 0 Å². The Kier molecular flexibility index (Phi) is 2.81. The number of rotatable bonds is 2. The second-order valence-corrected chi connectivity index (χ2v) is 3.73. The van der Waals surface area contributed by atoms with Crippen molar-refractivity contribution < 1.29 is 0 Å². The predicted molar refractivity (Wildman–Crippen MR) is 64.3 cm³/mol. The topological polar surface area (TPSA) is 50.7 Å². The molecule has 0 saturated carbocycles. The molecule has 0 bridgehead atoms. The molecule has 2 aromatic rings. The van der Waals surface area contributed by atoms with Crippen LogP contribution >= 0.6 is 0 Å². The second kappa shape index (κ2) is 4.26. The third kappa shape index (κ3) is 2.00. The number of pyridine rings is 1. The summed E-state index contributed by atoms with van der Waals surface area (Å²) < 4.78 is 0. The highest BCUT2D eigenvalue weighted by molar-refractivity contribution is 5.63. The molecule has 0 aromatic carbocycles. The standard InChI is InChI=1S/C12H14N4/c1-8-4-10(7-14-5-8)11-9(2)6-15-12(13-3)16-11/h4-7H,1-3H3,(H,13,15,16). The summed E-state index contributed by atoms with van der Waals surface area (Å²) in [6.45, 7) is 4.02. The summed E-state index contributed by atoms with van der Waals surface area (Å²) in [5.41, 5.74) is 4.12. The first-order valence-electron chi connectivity index (χ1n) is 5.14. The summed E-state index contributed by atoms with van der Waals surface area (Å²) >= 11 is 0. The first-order chi connectivity index (χ1) is 7.70. The Morgan fingerprint density at radius 2 is 1.94 bits per heavy atom. The van der Waals surface area contributed by atoms with Crippen molar-refractivity contribution in [3.63, 3.8) is 0 Å². The molecular formula is C12H14N4. The van der Waals surface area contributed by atoms with Gasteiger partial charge in [0.25, 0.3) is 0 Å². The fourth-order valence-corrected chi connectivity index (χ4v) is 1.54. The average Bonchev–Trinajstić information content (AvgIpc) is 2.30. The monoisotopic (exact) mass is 214 g/mol. The van der Waals surface area contributed by atoms with Gasteiger partial charge in [-0.2, -0.15) is 0 Å². The maximum absolute atomic E-state index is 4.44. The molecule has 0 saturated heterocycles. The molecular weight excluding hydrogens is 200 g/mol. The zero-order chi connectivity index (χ0) is 11.5. The van der Waals surface area contributed by atoms with E-state index in [1.54, 1.807) is 0 Å². The fraction of sp³-hybridized carbons (Fsp3) is 0.250. The van der Waals surface area contributed by atoms with E-state index >= 15 is 0 Å². The lowest BCUT2D eigenvalue weighted by Crippen LogP contribution is -1.99. The van der Waals surface area contributed by atoms with Gasteiger partial charge in [-0.3, -0.25) is 4.98 Å². The van der Waals surface area contributed by atoms with Crippen molar-refractivity contribution in [1.82, 2.24) is 15.0 Å². The molecule has 0 aliphatic rings. The smallest absolute Gasteiger partial charge is 0.222 e. The van der Waals surface area contributed by atoms with E-state index in [-0.39, 0.29) is 0 Å². The summed E-state index contributed by atoms with van der Waals surface area (Å²) in [6.07, 6.45) is 5.47. The van der Waals surface area contributed by atoms with Gasteiger partial charge in [-0.1, -0.05) is 0 Å². The molecule has 0 aliphatic heterocycles. The molecule has 0 radical (unpaired) electrons. The van der Waals surface area contributed by atoms with Gasteiger partial charge in [-0.25, -0.2) is 9.97 Å². The van der Waals surface area contributed by atoms with E-state index in [2.05, 4.69) is 26.3 Å². The summed E-state index contributed by atoms with van der Waals surface area (Å²) in [6, 6.07) is 2.07. The van der Waals surface area contributed by atoms with Gasteiger partial charge in [-0.05, 0) is 31.0 Å². The van der Waals surface area contributed by atoms with E-state index < -0.39 is 0 Å². The third-order valence-corrected chi connectivity index (χ3v) is 2.34. The van der Waals surface area contributed by atoms with Gasteiger partial charge in [0.05, 0.1) is 5.69 Å². The van der Waals surface area contributed by atoms with Gasteiger partial charge in [0.2, 0.25) is 5.95 Å². The SMILES string of the molecule is CNc1ncc(C)c(-c2cncc(C)c2)n1. The Bertz CT molecular complexity index is 508. The van der Waals surface area contributed by atoms with Crippen molar-refractivity contribution in [2.24, 2.45) is 0 Å². The molecule has 4 nitrogen and oxygen atoms in total. The number of nitrogens with zero attached hydrogens (tertiary/aromatic N) is 3. The maximum Gasteiger partial charge on any atom is 0.222 e. The largest absolute Gasteiger partial charge is 0.357 e. The lowest BCUT2D eigenvalue weighted by molar-refractivity contribution is 1.12. The highest BCUT2D eigenvalue weighted by atomic mass is 15.1. The van der Waals surface area contributed by atoms with Crippen LogP contribution < -0.4 is 5.32 Å². The van der Waals surface area contributed by atoms with Gasteiger partial charge < -0.3 is 5.32 Å². The quantitative estimate of drug-likeness (QED) is 0.832. The molecule has 1 N–H and O–H groups in total. The highest BCUT2D eigenvalue weighted by Gasteiger charge is 2.06. The zero-order valence-electron chi connectivity index (χ0n) is 9.65. The molecule has 0 fully saturated rings. The van der Waals surface area contributed by atoms with Crippen molar-refractivity contribution in [2.75, 3.05) is 12.4 Å². The maximum atomic E-state index is 4.44. The Morgan fingerprint density at radius 3 is 2.62 bits per heavy atom. The van der Waals surface area contributed by atoms with E-state index in [0.717, 1.165) is 22.4 Å². The van der Waals surface area contributed by atoms with Crippen LogP contribution in [0.2, 0.25) is 0 Å². The van der Waals surface area contributed by atoms with Gasteiger partial charge in [-0.15, -0.1) is 0 Å². The summed E-state index contributed by atoms with van der Waals surface area (Å²) in [4.78, 5) is 12.8. The first-order valence-corrected chi connectivity index (χ1v) is 5.14. The zero-order valence-corrected chi connectivity index (χ0v) is 9.65. The van der Waals surface area contributed by atoms with Crippen molar-refractivity contribution in [1.29, 1.82) is 0 Å². The number of hydrogen-bond donors (Lipinski definition) is 1. The van der Waals surface area contributed by atoms with E-state index in [1.807, 2.05) is 39.5 Å². The molecule has 0 atom stereocenters. The van der Waals surface area contributed by atoms with Crippen LogP contribution in [0.5, 0.6) is 0 Å². The molecule has 0 amide bonds. The van der Waals surface area contributed by atoms with Gasteiger partial charge in [0.15, 0.2) is 0 Å². The predicted octanol–water partition coefficient (Wildman–Crippen LogP) is 2.20. The molecule has 2 aromatic heterocycles. The van der Waals surface area contributed by atoms with E-state index in [1.165, 1.54) is 0 Å². The number of anilines is 1. The number of hydrogen-bond acceptors (Lipinski definition) is 4. The summed E-state index contributed by atoms with van der Waals surface area (Å²) in [5.74, 6) is 0.627. The Hall–Kier alpha value is -1.97. The van der Waals surface area contributed by atoms with E-state index in [4.69, 9.17) is 0 Å². The van der Waals surface area contributed by atoms with Gasteiger partial charge in [0, 0.05) is 31.2 Å². The Morgan fingerprint density at radius 1 is 1.12 bits per heavy atom. The van der Waals surface area contributed by atoms with Crippen LogP contribution in [0, 0.1) is 13.8 Å². The highest BCUT2D eigenvalue weighted by Crippen LogP contribution is 2.21. The van der Waals surface area contributed by atoms with E-state index in [0.29, 0.717) is 5.95 Å². The molecule has 0 spiro atoms. The second-order valence-electron chi connectivity index (χ2n) is 3.73. The molecule has 4 heteroatoms. The molecule has 2 heterocycles. The molecule has 0 unspecified atom stereocenters. The normalized spacial score (nSPS) is 10.2. The average molecular weight is 214 g/mol. The van der Waals surface area contributed by atoms with Crippen LogP contribution in [-0.4, -0.2) is 22.0 Å². The van der Waals surface area contributed by atoms with Crippen LogP contribution in [0.1, 0.15) is 11.1 Å². The minimum Gasteiger partial charge on any atom is -0.357 e. The van der Waals surface area contributed by atoms with E-state index in [9.17, 15) is 0 Å². The van der Waals surface area contributed by atoms with Crippen molar-refractivity contribution in [3.05, 3.63) is 35.8 Å². The molecule has 2 rings (SSSR count).